The van der Waals surface area contributed by atoms with E-state index in [1.165, 1.54) is 117 Å². The summed E-state index contributed by atoms with van der Waals surface area (Å²) in [7, 11) is 11.7. The Kier molecular flexibility index (Phi) is 21.3. The Morgan fingerprint density at radius 2 is 1.16 bits per heavy atom. The van der Waals surface area contributed by atoms with Gasteiger partial charge in [0.1, 0.15) is 0 Å². The minimum atomic E-state index is -1.61. The molecule has 51 heavy (non-hydrogen) atoms. The van der Waals surface area contributed by atoms with Crippen molar-refractivity contribution in [1.29, 1.82) is 0 Å². The van der Waals surface area contributed by atoms with Crippen LogP contribution in [0.1, 0.15) is 164 Å². The van der Waals surface area contributed by atoms with Gasteiger partial charge in [0.05, 0.1) is 6.67 Å². The molecule has 1 aliphatic heterocycles. The van der Waals surface area contributed by atoms with Crippen LogP contribution < -0.4 is 4.90 Å². The monoisotopic (exact) mass is 844 g/mol. The summed E-state index contributed by atoms with van der Waals surface area (Å²) in [6.07, 6.45) is 32.0. The topological polar surface area (TPSA) is 6.48 Å². The fourth-order valence-electron chi connectivity index (χ4n) is 9.44. The third-order valence-corrected chi connectivity index (χ3v) is 17.8. The molecule has 3 saturated carbocycles. The molecule has 0 unspecified atom stereocenters. The first-order valence-electron chi connectivity index (χ1n) is 21.1. The van der Waals surface area contributed by atoms with Gasteiger partial charge in [0.15, 0.2) is 0 Å². The van der Waals surface area contributed by atoms with Crippen molar-refractivity contribution >= 4 is 37.6 Å². The van der Waals surface area contributed by atoms with Crippen LogP contribution in [-0.4, -0.2) is 52.8 Å². The Morgan fingerprint density at radius 3 is 1.65 bits per heavy atom. The van der Waals surface area contributed by atoms with E-state index in [1.807, 2.05) is 34.9 Å². The number of anilines is 1. The fourth-order valence-corrected chi connectivity index (χ4v) is 15.9. The summed E-state index contributed by atoms with van der Waals surface area (Å²) in [4.78, 5) is 5.19. The molecule has 2 aromatic carbocycles. The van der Waals surface area contributed by atoms with Crippen LogP contribution >= 0.6 is 27.3 Å². The summed E-state index contributed by atoms with van der Waals surface area (Å²) < 4.78 is 1.92. The number of hydrogen-bond donors (Lipinski definition) is 0. The molecule has 6 heteroatoms. The van der Waals surface area contributed by atoms with Crippen molar-refractivity contribution in [3.8, 4) is 0 Å². The van der Waals surface area contributed by atoms with E-state index in [4.69, 9.17) is 19.4 Å². The van der Waals surface area contributed by atoms with Gasteiger partial charge in [-0.15, -0.1) is 0 Å². The van der Waals surface area contributed by atoms with Crippen LogP contribution in [0.2, 0.25) is 0 Å². The van der Waals surface area contributed by atoms with E-state index in [9.17, 15) is 0 Å². The number of halogens is 2. The molecule has 0 amide bonds. The van der Waals surface area contributed by atoms with Crippen molar-refractivity contribution in [2.45, 2.75) is 180 Å². The maximum absolute atomic E-state index is 5.67. The Labute approximate surface area is 329 Å². The molecule has 2 nitrogen and oxygen atoms in total. The van der Waals surface area contributed by atoms with Crippen molar-refractivity contribution < 1.29 is 13.5 Å². The molecule has 1 saturated heterocycles. The zero-order valence-corrected chi connectivity index (χ0v) is 37.1. The van der Waals surface area contributed by atoms with Crippen molar-refractivity contribution in [2.24, 2.45) is 0 Å². The summed E-state index contributed by atoms with van der Waals surface area (Å²) in [5.74, 6) is 0. The van der Waals surface area contributed by atoms with Gasteiger partial charge >= 0.3 is 73.4 Å². The predicted octanol–water partition coefficient (Wildman–Crippen LogP) is 14.3. The molecule has 6 rings (SSSR count). The molecule has 0 bridgehead atoms. The van der Waals surface area contributed by atoms with E-state index in [2.05, 4.69) is 49.6 Å². The Balaban J connectivity index is 0.000000183. The quantitative estimate of drug-likeness (QED) is 0.119. The van der Waals surface area contributed by atoms with E-state index >= 15 is 0 Å². The average molecular weight is 845 g/mol. The Morgan fingerprint density at radius 1 is 0.667 bits per heavy atom. The number of unbranched alkanes of at least 4 members (excludes halogenated alkanes) is 5. The van der Waals surface area contributed by atoms with Crippen molar-refractivity contribution in [3.05, 3.63) is 64.7 Å². The van der Waals surface area contributed by atoms with E-state index in [1.54, 1.807) is 77.0 Å². The average Bonchev–Trinajstić information content (AvgIpc) is 3.60. The van der Waals surface area contributed by atoms with Gasteiger partial charge in [-0.2, -0.15) is 0 Å². The molecule has 4 fully saturated rings. The molecule has 0 radical (unpaired) electrons. The van der Waals surface area contributed by atoms with Crippen LogP contribution in [-0.2, 0) is 13.5 Å². The number of benzene rings is 2. The molecule has 4 aliphatic rings. The van der Waals surface area contributed by atoms with E-state index in [-0.39, 0.29) is 0 Å². The number of hydrogen-bond acceptors (Lipinski definition) is 2. The van der Waals surface area contributed by atoms with Crippen LogP contribution in [0.15, 0.2) is 42.5 Å². The molecule has 0 N–H and O–H groups in total. The van der Waals surface area contributed by atoms with Gasteiger partial charge in [0.25, 0.3) is 0 Å². The number of aryl methyl sites for hydroxylation is 3. The molecule has 290 valence electrons. The second-order valence-electron chi connectivity index (χ2n) is 16.1. The van der Waals surface area contributed by atoms with Crippen LogP contribution in [0.4, 0.5) is 5.69 Å². The Bertz CT molecular complexity index is 1180. The molecule has 0 aromatic heterocycles. The van der Waals surface area contributed by atoms with Gasteiger partial charge in [-0.1, -0.05) is 122 Å². The predicted molar refractivity (Wildman–Crippen MR) is 229 cm³/mol. The maximum atomic E-state index is 5.67. The fraction of sp³-hybridized carbons (Fsp3) is 0.711. The van der Waals surface area contributed by atoms with E-state index in [0.717, 1.165) is 12.2 Å². The van der Waals surface area contributed by atoms with Crippen molar-refractivity contribution in [1.82, 2.24) is 4.90 Å². The zero-order chi connectivity index (χ0) is 36.3. The van der Waals surface area contributed by atoms with E-state index in [0.29, 0.717) is 7.92 Å². The molecule has 1 heterocycles. The molecular weight excluding hydrogens is 771 g/mol. The molecule has 0 atom stereocenters. The van der Waals surface area contributed by atoms with Gasteiger partial charge in [0, 0.05) is 18.8 Å². The zero-order valence-electron chi connectivity index (χ0n) is 33.0. The number of rotatable bonds is 12. The minimum absolute atomic E-state index is 0.385. The molecule has 0 spiro atoms. The van der Waals surface area contributed by atoms with Crippen molar-refractivity contribution in [2.75, 3.05) is 31.2 Å². The SMILES string of the molecule is C1CCC(P(C2CCCCC2)C2CCCCC2)CC1.CCCCCCCCN1CCN(c2c(C)cc(C)cc2C)C1.[Cl][Ru]([Cl])=[CH]c1ccccc1. The molecular formula is C45H73Cl2N2PRu. The third kappa shape index (κ3) is 15.8. The first-order chi connectivity index (χ1) is 24.9. The van der Waals surface area contributed by atoms with Gasteiger partial charge in [-0.05, 0) is 100 Å². The van der Waals surface area contributed by atoms with Crippen LogP contribution in [0.5, 0.6) is 0 Å². The third-order valence-electron chi connectivity index (χ3n) is 11.8. The first kappa shape index (κ1) is 43.4. The number of nitrogens with zero attached hydrogens (tertiary/aromatic N) is 2. The van der Waals surface area contributed by atoms with Crippen LogP contribution in [0, 0.1) is 20.8 Å². The standard InChI is InChI=1S/C20H34N2.C18H33P.C7H6.2ClH.Ru/c1-5-6-7-8-9-10-11-21-12-13-22(16-21)20-18(3)14-17(2)15-19(20)4;1-4-10-16(11-5-1)19(17-12-6-2-7-13-17)18-14-8-3-9-15-18;1-7-5-3-2-4-6-7;;;/h14-15H,5-13,16H2,1-4H3;16-18H,1-15H2;1-6H;2*1H;/q;;;;;+2/p-2. The summed E-state index contributed by atoms with van der Waals surface area (Å²) in [6.45, 7) is 13.8. The second kappa shape index (κ2) is 25.0. The van der Waals surface area contributed by atoms with E-state index < -0.39 is 13.5 Å². The summed E-state index contributed by atoms with van der Waals surface area (Å²) in [5, 5.41) is 0. The normalized spacial score (nSPS) is 19.7. The summed E-state index contributed by atoms with van der Waals surface area (Å²) >= 11 is -1.61. The summed E-state index contributed by atoms with van der Waals surface area (Å²) in [5.41, 5.74) is 10.4. The van der Waals surface area contributed by atoms with Crippen LogP contribution in [0.3, 0.4) is 0 Å². The van der Waals surface area contributed by atoms with Crippen molar-refractivity contribution in [3.63, 3.8) is 0 Å². The molecule has 3 aliphatic carbocycles. The van der Waals surface area contributed by atoms with Gasteiger partial charge < -0.3 is 4.90 Å². The van der Waals surface area contributed by atoms with Gasteiger partial charge in [0.2, 0.25) is 0 Å². The van der Waals surface area contributed by atoms with Crippen LogP contribution in [0.25, 0.3) is 0 Å². The first-order valence-corrected chi connectivity index (χ1v) is 28.1. The summed E-state index contributed by atoms with van der Waals surface area (Å²) in [6, 6.07) is 14.5. The Hall–Kier alpha value is -0.297. The second-order valence-corrected chi connectivity index (χ2v) is 24.9. The van der Waals surface area contributed by atoms with Gasteiger partial charge in [-0.25, -0.2) is 0 Å². The molecule has 2 aromatic rings. The van der Waals surface area contributed by atoms with Gasteiger partial charge in [-0.3, -0.25) is 4.90 Å².